The number of aliphatic hydroxyl groups is 1. The molecule has 2 aromatic carbocycles. The highest BCUT2D eigenvalue weighted by atomic mass is 79.9. The van der Waals surface area contributed by atoms with Crippen LogP contribution in [0.4, 0.5) is 18.9 Å². The van der Waals surface area contributed by atoms with Crippen LogP contribution in [0.15, 0.2) is 40.9 Å². The van der Waals surface area contributed by atoms with Crippen LogP contribution in [0.5, 0.6) is 0 Å². The van der Waals surface area contributed by atoms with Crippen LogP contribution in [0.3, 0.4) is 0 Å². The Balaban J connectivity index is 2.07. The molecule has 1 unspecified atom stereocenters. The van der Waals surface area contributed by atoms with Gasteiger partial charge < -0.3 is 10.4 Å². The number of rotatable bonds is 4. The fraction of sp³-hybridized carbons (Fsp3) is 0.143. The normalized spacial score (nSPS) is 12.2. The first-order valence-corrected chi connectivity index (χ1v) is 6.59. The molecule has 0 spiro atoms. The van der Waals surface area contributed by atoms with Gasteiger partial charge in [-0.25, -0.2) is 13.2 Å². The summed E-state index contributed by atoms with van der Waals surface area (Å²) in [4.78, 5) is 0. The van der Waals surface area contributed by atoms with Crippen LogP contribution in [-0.2, 0) is 0 Å². The van der Waals surface area contributed by atoms with Gasteiger partial charge in [0.15, 0.2) is 17.5 Å². The third-order valence-electron chi connectivity index (χ3n) is 2.75. The van der Waals surface area contributed by atoms with Gasteiger partial charge >= 0.3 is 0 Å². The van der Waals surface area contributed by atoms with Gasteiger partial charge in [-0.15, -0.1) is 0 Å². The van der Waals surface area contributed by atoms with Gasteiger partial charge in [0.05, 0.1) is 11.8 Å². The molecular weight excluding hydrogens is 335 g/mol. The topological polar surface area (TPSA) is 32.3 Å². The Morgan fingerprint density at radius 1 is 1.10 bits per heavy atom. The first kappa shape index (κ1) is 14.9. The SMILES string of the molecule is OC(CNc1ccc(F)c(F)c1F)c1cccc(Br)c1. The minimum Gasteiger partial charge on any atom is -0.387 e. The van der Waals surface area contributed by atoms with Crippen molar-refractivity contribution in [3.8, 4) is 0 Å². The molecule has 0 amide bonds. The molecule has 1 atom stereocenters. The molecule has 6 heteroatoms. The highest BCUT2D eigenvalue weighted by Crippen LogP contribution is 2.22. The van der Waals surface area contributed by atoms with E-state index in [0.29, 0.717) is 5.56 Å². The van der Waals surface area contributed by atoms with E-state index in [9.17, 15) is 18.3 Å². The van der Waals surface area contributed by atoms with Crippen LogP contribution in [-0.4, -0.2) is 11.7 Å². The molecule has 2 nitrogen and oxygen atoms in total. The van der Waals surface area contributed by atoms with Crippen molar-refractivity contribution in [2.45, 2.75) is 6.10 Å². The Kier molecular flexibility index (Phi) is 4.67. The van der Waals surface area contributed by atoms with E-state index in [-0.39, 0.29) is 12.2 Å². The van der Waals surface area contributed by atoms with E-state index in [1.807, 2.05) is 0 Å². The fourth-order valence-electron chi connectivity index (χ4n) is 1.70. The Bertz CT molecular complexity index is 621. The number of anilines is 1. The maximum Gasteiger partial charge on any atom is 0.196 e. The summed E-state index contributed by atoms with van der Waals surface area (Å²) in [7, 11) is 0. The highest BCUT2D eigenvalue weighted by molar-refractivity contribution is 9.10. The molecular formula is C14H11BrF3NO. The van der Waals surface area contributed by atoms with E-state index in [0.717, 1.165) is 16.6 Å². The largest absolute Gasteiger partial charge is 0.387 e. The molecule has 0 saturated carbocycles. The van der Waals surface area contributed by atoms with E-state index in [1.54, 1.807) is 24.3 Å². The van der Waals surface area contributed by atoms with E-state index in [1.165, 1.54) is 0 Å². The van der Waals surface area contributed by atoms with Gasteiger partial charge in [-0.1, -0.05) is 28.1 Å². The number of halogens is 4. The Morgan fingerprint density at radius 3 is 2.55 bits per heavy atom. The Morgan fingerprint density at radius 2 is 1.85 bits per heavy atom. The first-order chi connectivity index (χ1) is 9.49. The second-order valence-electron chi connectivity index (χ2n) is 4.17. The van der Waals surface area contributed by atoms with Crippen molar-refractivity contribution in [3.05, 3.63) is 63.9 Å². The molecule has 0 radical (unpaired) electrons. The summed E-state index contributed by atoms with van der Waals surface area (Å²) in [6.45, 7) is -0.0293. The Labute approximate surface area is 122 Å². The lowest BCUT2D eigenvalue weighted by Gasteiger charge is -2.14. The number of hydrogen-bond donors (Lipinski definition) is 2. The van der Waals surface area contributed by atoms with E-state index in [2.05, 4.69) is 21.2 Å². The summed E-state index contributed by atoms with van der Waals surface area (Å²) in [5.74, 6) is -4.08. The minimum absolute atomic E-state index is 0.0293. The number of aliphatic hydroxyl groups excluding tert-OH is 1. The van der Waals surface area contributed by atoms with Gasteiger partial charge in [0, 0.05) is 11.0 Å². The summed E-state index contributed by atoms with van der Waals surface area (Å²) in [5.41, 5.74) is 0.424. The zero-order chi connectivity index (χ0) is 14.7. The highest BCUT2D eigenvalue weighted by Gasteiger charge is 2.14. The monoisotopic (exact) mass is 345 g/mol. The lowest BCUT2D eigenvalue weighted by Crippen LogP contribution is -2.13. The second kappa shape index (κ2) is 6.28. The van der Waals surface area contributed by atoms with Crippen molar-refractivity contribution >= 4 is 21.6 Å². The van der Waals surface area contributed by atoms with Crippen LogP contribution in [0.1, 0.15) is 11.7 Å². The lowest BCUT2D eigenvalue weighted by molar-refractivity contribution is 0.191. The second-order valence-corrected chi connectivity index (χ2v) is 5.09. The summed E-state index contributed by atoms with van der Waals surface area (Å²) in [5, 5.41) is 12.5. The van der Waals surface area contributed by atoms with Gasteiger partial charge in [0.2, 0.25) is 0 Å². The first-order valence-electron chi connectivity index (χ1n) is 5.80. The molecule has 0 saturated heterocycles. The van der Waals surface area contributed by atoms with Gasteiger partial charge in [-0.2, -0.15) is 0 Å². The standard InChI is InChI=1S/C14H11BrF3NO/c15-9-3-1-2-8(6-9)12(20)7-19-11-5-4-10(16)13(17)14(11)18/h1-6,12,19-20H,7H2. The summed E-state index contributed by atoms with van der Waals surface area (Å²) >= 11 is 3.27. The molecule has 0 bridgehead atoms. The van der Waals surface area contributed by atoms with Gasteiger partial charge in [0.25, 0.3) is 0 Å². The molecule has 0 fully saturated rings. The number of benzene rings is 2. The molecule has 0 aliphatic carbocycles. The Hall–Kier alpha value is -1.53. The zero-order valence-corrected chi connectivity index (χ0v) is 11.8. The molecule has 0 aromatic heterocycles. The van der Waals surface area contributed by atoms with E-state index in [4.69, 9.17) is 0 Å². The smallest absolute Gasteiger partial charge is 0.196 e. The average molecular weight is 346 g/mol. The zero-order valence-electron chi connectivity index (χ0n) is 10.2. The maximum absolute atomic E-state index is 13.4. The van der Waals surface area contributed by atoms with Crippen LogP contribution >= 0.6 is 15.9 Å². The molecule has 0 aliphatic heterocycles. The predicted molar refractivity (Wildman–Crippen MR) is 73.9 cm³/mol. The lowest BCUT2D eigenvalue weighted by atomic mass is 10.1. The van der Waals surface area contributed by atoms with Gasteiger partial charge in [-0.3, -0.25) is 0 Å². The van der Waals surface area contributed by atoms with Crippen molar-refractivity contribution in [2.24, 2.45) is 0 Å². The third kappa shape index (κ3) is 3.32. The molecule has 2 N–H and O–H groups in total. The number of nitrogens with one attached hydrogen (secondary N) is 1. The van der Waals surface area contributed by atoms with Gasteiger partial charge in [0.1, 0.15) is 0 Å². The summed E-state index contributed by atoms with van der Waals surface area (Å²) < 4.78 is 40.0. The fourth-order valence-corrected chi connectivity index (χ4v) is 2.12. The van der Waals surface area contributed by atoms with Gasteiger partial charge in [-0.05, 0) is 29.8 Å². The molecule has 20 heavy (non-hydrogen) atoms. The quantitative estimate of drug-likeness (QED) is 0.820. The molecule has 0 heterocycles. The predicted octanol–water partition coefficient (Wildman–Crippen LogP) is 4.01. The molecule has 2 aromatic rings. The van der Waals surface area contributed by atoms with E-state index < -0.39 is 23.6 Å². The third-order valence-corrected chi connectivity index (χ3v) is 3.25. The van der Waals surface area contributed by atoms with Crippen LogP contribution in [0, 0.1) is 17.5 Å². The van der Waals surface area contributed by atoms with Crippen LogP contribution in [0.2, 0.25) is 0 Å². The maximum atomic E-state index is 13.4. The van der Waals surface area contributed by atoms with E-state index >= 15 is 0 Å². The molecule has 106 valence electrons. The summed E-state index contributed by atoms with van der Waals surface area (Å²) in [6.07, 6.45) is -0.903. The van der Waals surface area contributed by atoms with Crippen molar-refractivity contribution in [1.82, 2.24) is 0 Å². The number of hydrogen-bond acceptors (Lipinski definition) is 2. The van der Waals surface area contributed by atoms with Crippen molar-refractivity contribution in [3.63, 3.8) is 0 Å². The van der Waals surface area contributed by atoms with Crippen LogP contribution in [0.25, 0.3) is 0 Å². The van der Waals surface area contributed by atoms with Crippen LogP contribution < -0.4 is 5.32 Å². The van der Waals surface area contributed by atoms with Crippen molar-refractivity contribution < 1.29 is 18.3 Å². The average Bonchev–Trinajstić information content (AvgIpc) is 2.44. The molecule has 2 rings (SSSR count). The molecule has 0 aliphatic rings. The summed E-state index contributed by atoms with van der Waals surface area (Å²) in [6, 6.07) is 8.89. The minimum atomic E-state index is -1.54. The van der Waals surface area contributed by atoms with Crippen molar-refractivity contribution in [1.29, 1.82) is 0 Å². The van der Waals surface area contributed by atoms with Crippen molar-refractivity contribution in [2.75, 3.05) is 11.9 Å².